The third-order valence-electron chi connectivity index (χ3n) is 5.59. The third kappa shape index (κ3) is 8.54. The van der Waals surface area contributed by atoms with E-state index in [1.54, 1.807) is 42.5 Å². The Kier molecular flexibility index (Phi) is 11.8. The van der Waals surface area contributed by atoms with Crippen LogP contribution in [0.15, 0.2) is 42.5 Å². The summed E-state index contributed by atoms with van der Waals surface area (Å²) in [6.07, 6.45) is 2.54. The summed E-state index contributed by atoms with van der Waals surface area (Å²) in [5.74, 6) is -0.552. The highest BCUT2D eigenvalue weighted by Crippen LogP contribution is 2.28. The summed E-state index contributed by atoms with van der Waals surface area (Å²) in [5.41, 5.74) is 1.01. The van der Waals surface area contributed by atoms with Gasteiger partial charge in [-0.25, -0.2) is 8.42 Å². The van der Waals surface area contributed by atoms with Crippen molar-refractivity contribution in [2.24, 2.45) is 0 Å². The molecule has 198 valence electrons. The molecular weight excluding hydrogens is 545 g/mol. The molecule has 1 unspecified atom stereocenters. The maximum atomic E-state index is 13.4. The van der Waals surface area contributed by atoms with E-state index in [0.29, 0.717) is 39.3 Å². The number of anilines is 1. The van der Waals surface area contributed by atoms with Gasteiger partial charge in [-0.2, -0.15) is 0 Å². The molecule has 0 aromatic heterocycles. The van der Waals surface area contributed by atoms with Gasteiger partial charge in [0.2, 0.25) is 21.8 Å². The molecule has 0 spiro atoms. The van der Waals surface area contributed by atoms with Gasteiger partial charge in [-0.3, -0.25) is 13.9 Å². The smallest absolute Gasteiger partial charge is 0.242 e. The first-order chi connectivity index (χ1) is 17.0. The standard InChI is InChI=1S/C25H32Cl3N3O4S/c1-4-15-29-25(33)23(5-2)30(17-20-21(27)8-6-9-22(20)28)24(32)10-7-16-31(36(3,34)35)19-13-11-18(26)12-14-19/h6,8-9,11-14,23H,4-5,7,10,15-17H2,1-3H3,(H,29,33). The number of carbonyl (C=O) groups excluding carboxylic acids is 2. The van der Waals surface area contributed by atoms with E-state index >= 15 is 0 Å². The summed E-state index contributed by atoms with van der Waals surface area (Å²) in [4.78, 5) is 27.8. The van der Waals surface area contributed by atoms with Crippen LogP contribution in [0.5, 0.6) is 0 Å². The van der Waals surface area contributed by atoms with Crippen molar-refractivity contribution in [2.45, 2.75) is 52.1 Å². The van der Waals surface area contributed by atoms with Crippen LogP contribution in [0.3, 0.4) is 0 Å². The number of hydrogen-bond donors (Lipinski definition) is 1. The van der Waals surface area contributed by atoms with Crippen LogP contribution in [0.25, 0.3) is 0 Å². The molecule has 2 rings (SSSR count). The van der Waals surface area contributed by atoms with Gasteiger partial charge in [0, 0.05) is 46.7 Å². The highest BCUT2D eigenvalue weighted by molar-refractivity contribution is 7.92. The van der Waals surface area contributed by atoms with Gasteiger partial charge in [-0.1, -0.05) is 54.7 Å². The average Bonchev–Trinajstić information content (AvgIpc) is 2.82. The molecule has 11 heteroatoms. The zero-order valence-corrected chi connectivity index (χ0v) is 23.7. The Hall–Kier alpha value is -2.00. The largest absolute Gasteiger partial charge is 0.354 e. The van der Waals surface area contributed by atoms with Crippen LogP contribution in [0, 0.1) is 0 Å². The molecule has 0 saturated heterocycles. The highest BCUT2D eigenvalue weighted by Gasteiger charge is 2.29. The van der Waals surface area contributed by atoms with Crippen molar-refractivity contribution in [3.8, 4) is 0 Å². The molecule has 0 heterocycles. The van der Waals surface area contributed by atoms with Gasteiger partial charge in [-0.15, -0.1) is 0 Å². The first-order valence-corrected chi connectivity index (χ1v) is 14.7. The van der Waals surface area contributed by atoms with E-state index in [2.05, 4.69) is 5.32 Å². The van der Waals surface area contributed by atoms with E-state index in [-0.39, 0.29) is 37.7 Å². The fourth-order valence-electron chi connectivity index (χ4n) is 3.75. The van der Waals surface area contributed by atoms with E-state index in [4.69, 9.17) is 34.8 Å². The van der Waals surface area contributed by atoms with Crippen molar-refractivity contribution >= 4 is 62.3 Å². The number of carbonyl (C=O) groups is 2. The molecule has 0 bridgehead atoms. The monoisotopic (exact) mass is 575 g/mol. The molecule has 36 heavy (non-hydrogen) atoms. The molecule has 2 aromatic rings. The number of nitrogens with zero attached hydrogens (tertiary/aromatic N) is 2. The summed E-state index contributed by atoms with van der Waals surface area (Å²) in [6.45, 7) is 4.42. The van der Waals surface area contributed by atoms with Crippen LogP contribution in [0.1, 0.15) is 45.1 Å². The fraction of sp³-hybridized carbons (Fsp3) is 0.440. The lowest BCUT2D eigenvalue weighted by molar-refractivity contribution is -0.141. The highest BCUT2D eigenvalue weighted by atomic mass is 35.5. The maximum Gasteiger partial charge on any atom is 0.242 e. The van der Waals surface area contributed by atoms with Crippen molar-refractivity contribution in [1.29, 1.82) is 0 Å². The lowest BCUT2D eigenvalue weighted by Crippen LogP contribution is -2.49. The topological polar surface area (TPSA) is 86.8 Å². The quantitative estimate of drug-likeness (QED) is 0.340. The average molecular weight is 577 g/mol. The van der Waals surface area contributed by atoms with Crippen LogP contribution in [0.4, 0.5) is 5.69 Å². The van der Waals surface area contributed by atoms with Crippen LogP contribution in [0.2, 0.25) is 15.1 Å². The number of rotatable bonds is 13. The Morgan fingerprint density at radius 1 is 1.00 bits per heavy atom. The van der Waals surface area contributed by atoms with Gasteiger partial charge in [0.25, 0.3) is 0 Å². The molecule has 1 atom stereocenters. The van der Waals surface area contributed by atoms with Crippen molar-refractivity contribution in [3.05, 3.63) is 63.1 Å². The second kappa shape index (κ2) is 14.1. The van der Waals surface area contributed by atoms with E-state index in [0.717, 1.165) is 12.7 Å². The van der Waals surface area contributed by atoms with E-state index in [9.17, 15) is 18.0 Å². The summed E-state index contributed by atoms with van der Waals surface area (Å²) in [5, 5.41) is 4.14. The maximum absolute atomic E-state index is 13.4. The molecule has 0 aliphatic heterocycles. The minimum absolute atomic E-state index is 0.0270. The fourth-order valence-corrected chi connectivity index (χ4v) is 5.36. The van der Waals surface area contributed by atoms with Crippen molar-refractivity contribution in [3.63, 3.8) is 0 Å². The van der Waals surface area contributed by atoms with Crippen LogP contribution >= 0.6 is 34.8 Å². The molecule has 2 amide bonds. The van der Waals surface area contributed by atoms with E-state index in [1.807, 2.05) is 13.8 Å². The van der Waals surface area contributed by atoms with Gasteiger partial charge in [0.1, 0.15) is 6.04 Å². The molecular formula is C25H32Cl3N3O4S. The molecule has 0 radical (unpaired) electrons. The number of sulfonamides is 1. The number of nitrogens with one attached hydrogen (secondary N) is 1. The predicted octanol–water partition coefficient (Wildman–Crippen LogP) is 5.53. The Balaban J connectivity index is 2.25. The zero-order chi connectivity index (χ0) is 26.9. The van der Waals surface area contributed by atoms with Crippen molar-refractivity contribution in [1.82, 2.24) is 10.2 Å². The summed E-state index contributed by atoms with van der Waals surface area (Å²) in [7, 11) is -3.59. The lowest BCUT2D eigenvalue weighted by atomic mass is 10.1. The van der Waals surface area contributed by atoms with Gasteiger partial charge < -0.3 is 10.2 Å². The zero-order valence-electron chi connectivity index (χ0n) is 20.6. The van der Waals surface area contributed by atoms with Crippen LogP contribution in [-0.4, -0.2) is 50.5 Å². The predicted molar refractivity (Wildman–Crippen MR) is 147 cm³/mol. The molecule has 0 aliphatic rings. The summed E-state index contributed by atoms with van der Waals surface area (Å²) >= 11 is 18.6. The van der Waals surface area contributed by atoms with E-state index < -0.39 is 16.1 Å². The summed E-state index contributed by atoms with van der Waals surface area (Å²) < 4.78 is 26.0. The number of amides is 2. The molecule has 0 saturated carbocycles. The van der Waals surface area contributed by atoms with Crippen molar-refractivity contribution in [2.75, 3.05) is 23.7 Å². The second-order valence-electron chi connectivity index (χ2n) is 8.35. The normalized spacial score (nSPS) is 12.2. The van der Waals surface area contributed by atoms with Crippen LogP contribution < -0.4 is 9.62 Å². The number of halogens is 3. The van der Waals surface area contributed by atoms with Crippen molar-refractivity contribution < 1.29 is 18.0 Å². The number of hydrogen-bond acceptors (Lipinski definition) is 4. The Morgan fingerprint density at radius 3 is 2.14 bits per heavy atom. The van der Waals surface area contributed by atoms with Gasteiger partial charge in [-0.05, 0) is 55.7 Å². The van der Waals surface area contributed by atoms with Crippen LogP contribution in [-0.2, 0) is 26.2 Å². The Bertz CT molecular complexity index is 1120. The molecule has 1 N–H and O–H groups in total. The first-order valence-electron chi connectivity index (χ1n) is 11.7. The molecule has 0 fully saturated rings. The molecule has 0 aliphatic carbocycles. The lowest BCUT2D eigenvalue weighted by Gasteiger charge is -2.31. The summed E-state index contributed by atoms with van der Waals surface area (Å²) in [6, 6.07) is 10.8. The second-order valence-corrected chi connectivity index (χ2v) is 11.5. The Morgan fingerprint density at radius 2 is 1.61 bits per heavy atom. The molecule has 2 aromatic carbocycles. The Labute approximate surface area is 228 Å². The van der Waals surface area contributed by atoms with Gasteiger partial charge in [0.15, 0.2) is 0 Å². The first kappa shape index (κ1) is 30.2. The minimum Gasteiger partial charge on any atom is -0.354 e. The minimum atomic E-state index is -3.59. The molecule has 7 nitrogen and oxygen atoms in total. The third-order valence-corrected chi connectivity index (χ3v) is 7.75. The van der Waals surface area contributed by atoms with E-state index in [1.165, 1.54) is 9.21 Å². The SMILES string of the molecule is CCCNC(=O)C(CC)N(Cc1c(Cl)cccc1Cl)C(=O)CCCN(c1ccc(Cl)cc1)S(C)(=O)=O. The number of benzene rings is 2. The van der Waals surface area contributed by atoms with Gasteiger partial charge in [0.05, 0.1) is 11.9 Å². The van der Waals surface area contributed by atoms with Gasteiger partial charge >= 0.3 is 0 Å².